The van der Waals surface area contributed by atoms with E-state index in [9.17, 15) is 4.79 Å². The van der Waals surface area contributed by atoms with E-state index in [1.807, 2.05) is 73.9 Å². The van der Waals surface area contributed by atoms with Crippen LogP contribution in [0.1, 0.15) is 20.8 Å². The average Bonchev–Trinajstić information content (AvgIpc) is 3.11. The van der Waals surface area contributed by atoms with Crippen LogP contribution < -0.4 is 10.1 Å². The van der Waals surface area contributed by atoms with Crippen LogP contribution in [0.3, 0.4) is 0 Å². The highest BCUT2D eigenvalue weighted by molar-refractivity contribution is 9.10. The molecule has 1 aromatic heterocycles. The first-order chi connectivity index (χ1) is 14.0. The Morgan fingerprint density at radius 1 is 1.14 bits per heavy atom. The van der Waals surface area contributed by atoms with Gasteiger partial charge < -0.3 is 10.1 Å². The summed E-state index contributed by atoms with van der Waals surface area (Å²) in [6, 6.07) is 15.8. The number of nitrogens with zero attached hydrogens (tertiary/aromatic N) is 3. The Bertz CT molecular complexity index is 956. The molecule has 1 heterocycles. The van der Waals surface area contributed by atoms with E-state index in [-0.39, 0.29) is 17.7 Å². The Hall–Kier alpha value is -2.32. The van der Waals surface area contributed by atoms with Crippen LogP contribution in [0.2, 0.25) is 0 Å². The summed E-state index contributed by atoms with van der Waals surface area (Å²) >= 11 is 4.83. The van der Waals surface area contributed by atoms with Crippen molar-refractivity contribution >= 4 is 33.6 Å². The third-order valence-corrected chi connectivity index (χ3v) is 5.38. The standard InChI is InChI=1S/C21H23BrN4O2S/c1-4-28-18-11-9-17(10-12-18)26-20(15-5-7-16(22)8-6-15)24-25-21(26)29-13-19(27)23-14(2)3/h5-12,14H,4,13H2,1-3H3,(H,23,27). The van der Waals surface area contributed by atoms with Gasteiger partial charge in [-0.3, -0.25) is 9.36 Å². The van der Waals surface area contributed by atoms with Gasteiger partial charge >= 0.3 is 0 Å². The Kier molecular flexibility index (Phi) is 7.33. The van der Waals surface area contributed by atoms with Crippen LogP contribution in [-0.4, -0.2) is 39.1 Å². The second-order valence-electron chi connectivity index (χ2n) is 6.59. The number of aromatic nitrogens is 3. The van der Waals surface area contributed by atoms with Crippen molar-refractivity contribution in [3.8, 4) is 22.8 Å². The summed E-state index contributed by atoms with van der Waals surface area (Å²) in [4.78, 5) is 12.1. The Morgan fingerprint density at radius 3 is 2.45 bits per heavy atom. The number of amides is 1. The van der Waals surface area contributed by atoms with E-state index in [4.69, 9.17) is 4.74 Å². The predicted molar refractivity (Wildman–Crippen MR) is 120 cm³/mol. The van der Waals surface area contributed by atoms with E-state index >= 15 is 0 Å². The summed E-state index contributed by atoms with van der Waals surface area (Å²) in [5.41, 5.74) is 1.84. The monoisotopic (exact) mass is 474 g/mol. The van der Waals surface area contributed by atoms with E-state index in [1.54, 1.807) is 0 Å². The number of rotatable bonds is 8. The fraction of sp³-hybridized carbons (Fsp3) is 0.286. The van der Waals surface area contributed by atoms with Crippen LogP contribution in [0.5, 0.6) is 5.75 Å². The van der Waals surface area contributed by atoms with Crippen LogP contribution in [0, 0.1) is 0 Å². The van der Waals surface area contributed by atoms with Crippen molar-refractivity contribution in [2.45, 2.75) is 32.0 Å². The average molecular weight is 475 g/mol. The SMILES string of the molecule is CCOc1ccc(-n2c(SCC(=O)NC(C)C)nnc2-c2ccc(Br)cc2)cc1. The van der Waals surface area contributed by atoms with Crippen molar-refractivity contribution in [1.29, 1.82) is 0 Å². The maximum absolute atomic E-state index is 12.1. The summed E-state index contributed by atoms with van der Waals surface area (Å²) in [6.45, 7) is 6.45. The van der Waals surface area contributed by atoms with Gasteiger partial charge in [-0.1, -0.05) is 39.8 Å². The second kappa shape index (κ2) is 9.93. The number of benzene rings is 2. The molecule has 0 radical (unpaired) electrons. The topological polar surface area (TPSA) is 69.0 Å². The molecule has 0 fully saturated rings. The van der Waals surface area contributed by atoms with E-state index < -0.39 is 0 Å². The van der Waals surface area contributed by atoms with E-state index in [0.29, 0.717) is 17.6 Å². The molecule has 2 aromatic carbocycles. The maximum atomic E-state index is 12.1. The zero-order valence-corrected chi connectivity index (χ0v) is 19.0. The largest absolute Gasteiger partial charge is 0.494 e. The lowest BCUT2D eigenvalue weighted by atomic mass is 10.2. The van der Waals surface area contributed by atoms with Crippen molar-refractivity contribution in [3.05, 3.63) is 53.0 Å². The minimum absolute atomic E-state index is 0.0311. The third-order valence-electron chi connectivity index (χ3n) is 3.92. The number of carbonyl (C=O) groups is 1. The molecule has 3 aromatic rings. The summed E-state index contributed by atoms with van der Waals surface area (Å²) in [5.74, 6) is 1.76. The van der Waals surface area contributed by atoms with Crippen molar-refractivity contribution < 1.29 is 9.53 Å². The van der Waals surface area contributed by atoms with Crippen LogP contribution in [0.25, 0.3) is 17.1 Å². The van der Waals surface area contributed by atoms with Gasteiger partial charge in [-0.15, -0.1) is 10.2 Å². The van der Waals surface area contributed by atoms with Gasteiger partial charge in [-0.05, 0) is 57.2 Å². The summed E-state index contributed by atoms with van der Waals surface area (Å²) in [7, 11) is 0. The lowest BCUT2D eigenvalue weighted by Crippen LogP contribution is -2.31. The quantitative estimate of drug-likeness (QED) is 0.478. The molecule has 0 aliphatic rings. The molecule has 0 atom stereocenters. The smallest absolute Gasteiger partial charge is 0.230 e. The zero-order valence-electron chi connectivity index (χ0n) is 16.6. The molecule has 0 saturated heterocycles. The van der Waals surface area contributed by atoms with Gasteiger partial charge in [-0.2, -0.15) is 0 Å². The Morgan fingerprint density at radius 2 is 1.83 bits per heavy atom. The molecule has 1 amide bonds. The molecule has 0 aliphatic heterocycles. The molecule has 1 N–H and O–H groups in total. The van der Waals surface area contributed by atoms with Crippen LogP contribution >= 0.6 is 27.7 Å². The minimum Gasteiger partial charge on any atom is -0.494 e. The van der Waals surface area contributed by atoms with Gasteiger partial charge in [0.05, 0.1) is 12.4 Å². The molecule has 0 unspecified atom stereocenters. The maximum Gasteiger partial charge on any atom is 0.230 e. The number of hydrogen-bond donors (Lipinski definition) is 1. The van der Waals surface area contributed by atoms with Crippen LogP contribution in [0.4, 0.5) is 0 Å². The number of nitrogens with one attached hydrogen (secondary N) is 1. The molecular weight excluding hydrogens is 452 g/mol. The molecule has 29 heavy (non-hydrogen) atoms. The van der Waals surface area contributed by atoms with Crippen LogP contribution in [-0.2, 0) is 4.79 Å². The number of ether oxygens (including phenoxy) is 1. The number of hydrogen-bond acceptors (Lipinski definition) is 5. The highest BCUT2D eigenvalue weighted by Crippen LogP contribution is 2.29. The van der Waals surface area contributed by atoms with Crippen LogP contribution in [0.15, 0.2) is 58.2 Å². The fourth-order valence-corrected chi connectivity index (χ4v) is 3.76. The van der Waals surface area contributed by atoms with Crippen molar-refractivity contribution in [3.63, 3.8) is 0 Å². The van der Waals surface area contributed by atoms with Gasteiger partial charge in [0.25, 0.3) is 0 Å². The molecule has 3 rings (SSSR count). The molecule has 8 heteroatoms. The summed E-state index contributed by atoms with van der Waals surface area (Å²) < 4.78 is 8.51. The highest BCUT2D eigenvalue weighted by Gasteiger charge is 2.17. The number of carbonyl (C=O) groups excluding carboxylic acids is 1. The van der Waals surface area contributed by atoms with Crippen molar-refractivity contribution in [2.75, 3.05) is 12.4 Å². The Balaban J connectivity index is 1.95. The van der Waals surface area contributed by atoms with Gasteiger partial charge in [0.15, 0.2) is 11.0 Å². The lowest BCUT2D eigenvalue weighted by Gasteiger charge is -2.12. The first kappa shape index (κ1) is 21.4. The lowest BCUT2D eigenvalue weighted by molar-refractivity contribution is -0.119. The highest BCUT2D eigenvalue weighted by atomic mass is 79.9. The molecule has 0 aliphatic carbocycles. The Labute approximate surface area is 183 Å². The number of halogens is 1. The summed E-state index contributed by atoms with van der Waals surface area (Å²) in [5, 5.41) is 12.3. The fourth-order valence-electron chi connectivity index (χ4n) is 2.73. The van der Waals surface area contributed by atoms with Gasteiger partial charge in [0, 0.05) is 21.8 Å². The minimum atomic E-state index is -0.0311. The second-order valence-corrected chi connectivity index (χ2v) is 8.44. The van der Waals surface area contributed by atoms with Crippen molar-refractivity contribution in [1.82, 2.24) is 20.1 Å². The van der Waals surface area contributed by atoms with Gasteiger partial charge in [0.2, 0.25) is 5.91 Å². The first-order valence-corrected chi connectivity index (χ1v) is 11.1. The molecule has 6 nitrogen and oxygen atoms in total. The van der Waals surface area contributed by atoms with Gasteiger partial charge in [-0.25, -0.2) is 0 Å². The first-order valence-electron chi connectivity index (χ1n) is 9.34. The van der Waals surface area contributed by atoms with Gasteiger partial charge in [0.1, 0.15) is 5.75 Å². The molecule has 0 spiro atoms. The zero-order chi connectivity index (χ0) is 20.8. The molecule has 0 bridgehead atoms. The van der Waals surface area contributed by atoms with Crippen molar-refractivity contribution in [2.24, 2.45) is 0 Å². The molecular formula is C21H23BrN4O2S. The number of thioether (sulfide) groups is 1. The molecule has 152 valence electrons. The van der Waals surface area contributed by atoms with E-state index in [0.717, 1.165) is 21.5 Å². The normalized spacial score (nSPS) is 10.9. The summed E-state index contributed by atoms with van der Waals surface area (Å²) in [6.07, 6.45) is 0. The predicted octanol–water partition coefficient (Wildman–Crippen LogP) is 4.71. The third kappa shape index (κ3) is 5.61. The van der Waals surface area contributed by atoms with E-state index in [2.05, 4.69) is 31.4 Å². The van der Waals surface area contributed by atoms with E-state index in [1.165, 1.54) is 11.8 Å². The molecule has 0 saturated carbocycles.